The summed E-state index contributed by atoms with van der Waals surface area (Å²) in [5.74, 6) is 0.133. The van der Waals surface area contributed by atoms with Crippen LogP contribution in [0.15, 0.2) is 0 Å². The molecule has 91 heavy (non-hydrogen) atoms. The Hall–Kier alpha value is -1.94. The van der Waals surface area contributed by atoms with E-state index in [1.165, 1.54) is 167 Å². The zero-order valence-corrected chi connectivity index (χ0v) is 61.1. The molecule has 17 nitrogen and oxygen atoms in total. The number of phosphoric acid groups is 2. The Kier molecular flexibility index (Phi) is 61.5. The Bertz CT molecular complexity index is 1790. The van der Waals surface area contributed by atoms with Gasteiger partial charge >= 0.3 is 39.5 Å². The molecule has 0 aromatic heterocycles. The largest absolute Gasteiger partial charge is 0.472 e. The zero-order chi connectivity index (χ0) is 67.3. The van der Waals surface area contributed by atoms with Crippen LogP contribution in [-0.2, 0) is 65.4 Å². The van der Waals surface area contributed by atoms with Gasteiger partial charge in [-0.25, -0.2) is 9.13 Å². The highest BCUT2D eigenvalue weighted by Crippen LogP contribution is 2.45. The van der Waals surface area contributed by atoms with Gasteiger partial charge in [-0.15, -0.1) is 0 Å². The second-order valence-electron chi connectivity index (χ2n) is 26.9. The third kappa shape index (κ3) is 63.9. The Labute approximate surface area is 556 Å². The lowest BCUT2D eigenvalue weighted by molar-refractivity contribution is -0.161. The van der Waals surface area contributed by atoms with E-state index in [0.717, 1.165) is 108 Å². The average molecular weight is 1340 g/mol. The maximum Gasteiger partial charge on any atom is 0.472 e. The van der Waals surface area contributed by atoms with E-state index in [1.807, 2.05) is 0 Å². The summed E-state index contributed by atoms with van der Waals surface area (Å²) in [5, 5.41) is 10.6. The SMILES string of the molecule is CCCCCCCCCCCCCCCCCCC(=O)O[C@H](COC(=O)CCCCCCCCCCCCC(C)CC)COP(=O)(O)OC[C@@H](O)COP(=O)(O)OC[C@@H](COC(=O)CCCCCCCCC(C)C)OC(=O)CCCCCCCCCCC(C)CC. The molecule has 0 heterocycles. The quantitative estimate of drug-likeness (QED) is 0.0222. The van der Waals surface area contributed by atoms with Gasteiger partial charge in [0.05, 0.1) is 26.4 Å². The minimum absolute atomic E-state index is 0.104. The van der Waals surface area contributed by atoms with Gasteiger partial charge in [0, 0.05) is 25.7 Å². The summed E-state index contributed by atoms with van der Waals surface area (Å²) < 4.78 is 68.3. The Morgan fingerprint density at radius 2 is 0.560 bits per heavy atom. The van der Waals surface area contributed by atoms with Crippen LogP contribution in [0.3, 0.4) is 0 Å². The van der Waals surface area contributed by atoms with Crippen LogP contribution < -0.4 is 0 Å². The van der Waals surface area contributed by atoms with Gasteiger partial charge in [0.1, 0.15) is 19.3 Å². The molecule has 0 radical (unpaired) electrons. The van der Waals surface area contributed by atoms with Crippen LogP contribution in [0.25, 0.3) is 0 Å². The van der Waals surface area contributed by atoms with Crippen molar-refractivity contribution in [2.24, 2.45) is 17.8 Å². The fourth-order valence-electron chi connectivity index (χ4n) is 10.8. The molecule has 0 aromatic rings. The van der Waals surface area contributed by atoms with E-state index in [1.54, 1.807) is 0 Å². The number of hydrogen-bond donors (Lipinski definition) is 3. The third-order valence-electron chi connectivity index (χ3n) is 17.4. The molecule has 7 atom stereocenters. The van der Waals surface area contributed by atoms with Crippen molar-refractivity contribution < 1.29 is 80.2 Å². The minimum atomic E-state index is -4.95. The average Bonchev–Trinajstić information content (AvgIpc) is 3.73. The lowest BCUT2D eigenvalue weighted by Crippen LogP contribution is -2.30. The first-order valence-electron chi connectivity index (χ1n) is 37.4. The van der Waals surface area contributed by atoms with E-state index >= 15 is 0 Å². The molecule has 0 spiro atoms. The first-order chi connectivity index (χ1) is 43.8. The fraction of sp³-hybridized carbons (Fsp3) is 0.944. The molecule has 0 rings (SSSR count). The van der Waals surface area contributed by atoms with Crippen molar-refractivity contribution in [3.05, 3.63) is 0 Å². The summed E-state index contributed by atoms with van der Waals surface area (Å²) in [6, 6.07) is 0. The van der Waals surface area contributed by atoms with Gasteiger partial charge in [-0.2, -0.15) is 0 Å². The van der Waals surface area contributed by atoms with Crippen LogP contribution in [0.1, 0.15) is 363 Å². The van der Waals surface area contributed by atoms with Crippen molar-refractivity contribution >= 4 is 39.5 Å². The second kappa shape index (κ2) is 62.8. The summed E-state index contributed by atoms with van der Waals surface area (Å²) in [4.78, 5) is 72.6. The molecule has 19 heteroatoms. The Morgan fingerprint density at radius 1 is 0.319 bits per heavy atom. The lowest BCUT2D eigenvalue weighted by Gasteiger charge is -2.21. The standard InChI is InChI=1S/C72H140O17P2/c1-8-11-12-13-14-15-16-17-18-19-20-21-26-32-41-48-55-71(76)88-67(59-82-69(74)53-46-39-31-25-23-22-24-29-37-44-51-64(6)9-2)61-86-90(78,79)84-57-66(73)58-85-91(80,81)87-62-68(60-83-70(75)54-47-40-35-34-36-43-50-63(4)5)89-72(77)56-49-42-33-28-27-30-38-45-52-65(7)10-3/h63-68,73H,8-62H2,1-7H3,(H,78,79)(H,80,81)/t64?,65?,66-,67-,68-/m1/s1. The second-order valence-corrected chi connectivity index (χ2v) is 29.8. The zero-order valence-electron chi connectivity index (χ0n) is 59.3. The molecule has 0 aromatic carbocycles. The number of rotatable bonds is 70. The number of carbonyl (C=O) groups excluding carboxylic acids is 4. The van der Waals surface area contributed by atoms with Crippen LogP contribution in [0.5, 0.6) is 0 Å². The van der Waals surface area contributed by atoms with E-state index in [-0.39, 0.29) is 25.7 Å². The maximum absolute atomic E-state index is 13.0. The number of ether oxygens (including phenoxy) is 4. The molecule has 540 valence electrons. The molecule has 4 unspecified atom stereocenters. The number of hydrogen-bond acceptors (Lipinski definition) is 15. The van der Waals surface area contributed by atoms with Crippen molar-refractivity contribution in [3.8, 4) is 0 Å². The summed E-state index contributed by atoms with van der Waals surface area (Å²) in [6.45, 7) is 11.8. The predicted octanol–water partition coefficient (Wildman–Crippen LogP) is 20.6. The monoisotopic (exact) mass is 1340 g/mol. The molecule has 0 aliphatic carbocycles. The van der Waals surface area contributed by atoms with Crippen LogP contribution >= 0.6 is 15.6 Å². The van der Waals surface area contributed by atoms with Crippen molar-refractivity contribution in [1.29, 1.82) is 0 Å². The minimum Gasteiger partial charge on any atom is -0.462 e. The van der Waals surface area contributed by atoms with Gasteiger partial charge in [0.15, 0.2) is 12.2 Å². The van der Waals surface area contributed by atoms with Crippen molar-refractivity contribution in [2.75, 3.05) is 39.6 Å². The molecule has 0 aliphatic heterocycles. The van der Waals surface area contributed by atoms with E-state index in [4.69, 9.17) is 37.0 Å². The van der Waals surface area contributed by atoms with Crippen LogP contribution in [-0.4, -0.2) is 96.7 Å². The molecule has 0 saturated heterocycles. The molecule has 3 N–H and O–H groups in total. The van der Waals surface area contributed by atoms with Crippen LogP contribution in [0.2, 0.25) is 0 Å². The van der Waals surface area contributed by atoms with Crippen LogP contribution in [0.4, 0.5) is 0 Å². The lowest BCUT2D eigenvalue weighted by atomic mass is 9.99. The van der Waals surface area contributed by atoms with Gasteiger partial charge in [-0.1, -0.05) is 312 Å². The maximum atomic E-state index is 13.0. The highest BCUT2D eigenvalue weighted by atomic mass is 31.2. The van der Waals surface area contributed by atoms with Crippen molar-refractivity contribution in [3.63, 3.8) is 0 Å². The van der Waals surface area contributed by atoms with Crippen molar-refractivity contribution in [2.45, 2.75) is 381 Å². The summed E-state index contributed by atoms with van der Waals surface area (Å²) in [6.07, 6.45) is 47.2. The first-order valence-corrected chi connectivity index (χ1v) is 40.4. The molecule has 0 saturated carbocycles. The Morgan fingerprint density at radius 3 is 0.835 bits per heavy atom. The molecule has 0 aliphatic rings. The van der Waals surface area contributed by atoms with Crippen LogP contribution in [0, 0.1) is 17.8 Å². The molecule has 0 bridgehead atoms. The highest BCUT2D eigenvalue weighted by Gasteiger charge is 2.30. The van der Waals surface area contributed by atoms with Gasteiger partial charge in [-0.05, 0) is 43.4 Å². The van der Waals surface area contributed by atoms with Gasteiger partial charge in [-0.3, -0.25) is 37.3 Å². The topological polar surface area (TPSA) is 237 Å². The normalized spacial score (nSPS) is 14.8. The predicted molar refractivity (Wildman–Crippen MR) is 368 cm³/mol. The van der Waals surface area contributed by atoms with E-state index in [0.29, 0.717) is 31.6 Å². The first kappa shape index (κ1) is 89.1. The Balaban J connectivity index is 5.25. The highest BCUT2D eigenvalue weighted by molar-refractivity contribution is 7.47. The van der Waals surface area contributed by atoms with E-state index in [2.05, 4.69) is 48.5 Å². The molecule has 0 fully saturated rings. The molecular formula is C72H140O17P2. The van der Waals surface area contributed by atoms with Gasteiger partial charge in [0.2, 0.25) is 0 Å². The molecular weight excluding hydrogens is 1200 g/mol. The number of aliphatic hydroxyl groups excluding tert-OH is 1. The van der Waals surface area contributed by atoms with E-state index < -0.39 is 97.5 Å². The number of unbranched alkanes of at least 4 members (excludes halogenated alkanes) is 36. The number of esters is 4. The smallest absolute Gasteiger partial charge is 0.462 e. The molecule has 0 amide bonds. The van der Waals surface area contributed by atoms with Gasteiger partial charge in [0.25, 0.3) is 0 Å². The van der Waals surface area contributed by atoms with E-state index in [9.17, 15) is 43.2 Å². The third-order valence-corrected chi connectivity index (χ3v) is 19.3. The summed E-state index contributed by atoms with van der Waals surface area (Å²) in [5.41, 5.74) is 0. The number of carbonyl (C=O) groups is 4. The van der Waals surface area contributed by atoms with Crippen molar-refractivity contribution in [1.82, 2.24) is 0 Å². The number of aliphatic hydroxyl groups is 1. The fourth-order valence-corrected chi connectivity index (χ4v) is 12.4. The number of phosphoric ester groups is 2. The summed E-state index contributed by atoms with van der Waals surface area (Å²) >= 11 is 0. The van der Waals surface area contributed by atoms with Gasteiger partial charge < -0.3 is 33.8 Å². The summed E-state index contributed by atoms with van der Waals surface area (Å²) in [7, 11) is -9.90.